The van der Waals surface area contributed by atoms with Crippen LogP contribution in [0.3, 0.4) is 0 Å². The van der Waals surface area contributed by atoms with E-state index in [0.717, 1.165) is 54.4 Å². The summed E-state index contributed by atoms with van der Waals surface area (Å²) in [5.41, 5.74) is 1.59. The SMILES string of the molecule is CCC(CC[C@@H](C)[C@H]1CC[C@H]2[C@@H]3CC(N=O)C4=CC(N=O)CC[C@]4(C)[C@H]3CC[C@]12C)C(C)C. The maximum absolute atomic E-state index is 12.0. The molecule has 4 nitrogen and oxygen atoms in total. The third-order valence-corrected chi connectivity index (χ3v) is 11.6. The van der Waals surface area contributed by atoms with Gasteiger partial charge in [0.05, 0.1) is 0 Å². The zero-order chi connectivity index (χ0) is 24.0. The van der Waals surface area contributed by atoms with E-state index in [9.17, 15) is 9.81 Å². The van der Waals surface area contributed by atoms with Gasteiger partial charge in [-0.05, 0) is 109 Å². The minimum atomic E-state index is -0.266. The molecule has 0 N–H and O–H groups in total. The molecule has 0 radical (unpaired) electrons. The second-order valence-corrected chi connectivity index (χ2v) is 13.2. The first-order valence-corrected chi connectivity index (χ1v) is 14.1. The Morgan fingerprint density at radius 1 is 0.970 bits per heavy atom. The first kappa shape index (κ1) is 25.0. The van der Waals surface area contributed by atoms with Gasteiger partial charge in [0.2, 0.25) is 0 Å². The van der Waals surface area contributed by atoms with Crippen LogP contribution in [0, 0.1) is 62.1 Å². The van der Waals surface area contributed by atoms with Crippen LogP contribution < -0.4 is 0 Å². The van der Waals surface area contributed by atoms with Crippen LogP contribution in [0.5, 0.6) is 0 Å². The second kappa shape index (κ2) is 9.53. The Bertz CT molecular complexity index is 763. The summed E-state index contributed by atoms with van der Waals surface area (Å²) in [5.74, 6) is 5.19. The number of fused-ring (bicyclic) bond motifs is 5. The topological polar surface area (TPSA) is 58.9 Å². The van der Waals surface area contributed by atoms with Crippen molar-refractivity contribution in [2.75, 3.05) is 0 Å². The average molecular weight is 457 g/mol. The second-order valence-electron chi connectivity index (χ2n) is 13.2. The van der Waals surface area contributed by atoms with Crippen LogP contribution in [0.2, 0.25) is 0 Å². The van der Waals surface area contributed by atoms with E-state index in [1.54, 1.807) is 0 Å². The molecule has 4 rings (SSSR count). The van der Waals surface area contributed by atoms with E-state index in [2.05, 4.69) is 51.9 Å². The molecule has 186 valence electrons. The first-order valence-electron chi connectivity index (χ1n) is 14.1. The summed E-state index contributed by atoms with van der Waals surface area (Å²) < 4.78 is 0. The van der Waals surface area contributed by atoms with Crippen molar-refractivity contribution in [3.05, 3.63) is 21.5 Å². The molecule has 3 saturated carbocycles. The van der Waals surface area contributed by atoms with Gasteiger partial charge in [-0.15, -0.1) is 0 Å². The molecule has 0 aromatic rings. The van der Waals surface area contributed by atoms with Gasteiger partial charge in [0.25, 0.3) is 0 Å². The lowest BCUT2D eigenvalue weighted by Gasteiger charge is -2.59. The van der Waals surface area contributed by atoms with Gasteiger partial charge in [0.1, 0.15) is 12.1 Å². The molecule has 0 aliphatic heterocycles. The van der Waals surface area contributed by atoms with Crippen molar-refractivity contribution in [2.24, 2.45) is 62.6 Å². The van der Waals surface area contributed by atoms with Crippen LogP contribution in [-0.4, -0.2) is 12.1 Å². The molecule has 0 heterocycles. The van der Waals surface area contributed by atoms with Crippen molar-refractivity contribution >= 4 is 0 Å². The Balaban J connectivity index is 1.54. The van der Waals surface area contributed by atoms with Crippen LogP contribution in [-0.2, 0) is 0 Å². The molecule has 4 aliphatic rings. The van der Waals surface area contributed by atoms with E-state index in [1.165, 1.54) is 44.9 Å². The summed E-state index contributed by atoms with van der Waals surface area (Å²) in [6.45, 7) is 14.6. The number of hydrogen-bond donors (Lipinski definition) is 0. The van der Waals surface area contributed by atoms with Gasteiger partial charge in [-0.25, -0.2) is 0 Å². The highest BCUT2D eigenvalue weighted by Gasteiger charge is 2.61. The summed E-state index contributed by atoms with van der Waals surface area (Å²) in [5, 5.41) is 6.95. The van der Waals surface area contributed by atoms with Gasteiger partial charge in [-0.1, -0.05) is 70.8 Å². The fraction of sp³-hybridized carbons (Fsp3) is 0.931. The number of hydrogen-bond acceptors (Lipinski definition) is 4. The quantitative estimate of drug-likeness (QED) is 0.271. The average Bonchev–Trinajstić information content (AvgIpc) is 3.15. The Hall–Kier alpha value is -1.06. The molecule has 0 bridgehead atoms. The molecule has 0 saturated heterocycles. The molecular weight excluding hydrogens is 408 g/mol. The number of nitroso groups, excluding NO2 is 2. The molecule has 0 aromatic carbocycles. The molecule has 0 amide bonds. The van der Waals surface area contributed by atoms with Crippen LogP contribution in [0.15, 0.2) is 22.0 Å². The maximum atomic E-state index is 12.0. The van der Waals surface area contributed by atoms with Gasteiger partial charge in [0, 0.05) is 0 Å². The Morgan fingerprint density at radius 2 is 1.73 bits per heavy atom. The van der Waals surface area contributed by atoms with Crippen LogP contribution in [0.25, 0.3) is 0 Å². The third kappa shape index (κ3) is 4.16. The van der Waals surface area contributed by atoms with Gasteiger partial charge >= 0.3 is 0 Å². The van der Waals surface area contributed by atoms with Crippen molar-refractivity contribution in [1.82, 2.24) is 0 Å². The van der Waals surface area contributed by atoms with Crippen molar-refractivity contribution in [1.29, 1.82) is 0 Å². The van der Waals surface area contributed by atoms with Crippen molar-refractivity contribution in [3.8, 4) is 0 Å². The molecule has 0 aromatic heterocycles. The summed E-state index contributed by atoms with van der Waals surface area (Å²) in [4.78, 5) is 23.3. The molecule has 3 unspecified atom stereocenters. The zero-order valence-corrected chi connectivity index (χ0v) is 22.1. The lowest BCUT2D eigenvalue weighted by Crippen LogP contribution is -2.54. The highest BCUT2D eigenvalue weighted by molar-refractivity contribution is 5.31. The zero-order valence-electron chi connectivity index (χ0n) is 22.1. The maximum Gasteiger partial charge on any atom is 0.114 e. The number of nitrogens with zero attached hydrogens (tertiary/aromatic N) is 2. The van der Waals surface area contributed by atoms with Crippen LogP contribution >= 0.6 is 0 Å². The largest absolute Gasteiger partial charge is 0.150 e. The molecule has 10 atom stereocenters. The summed E-state index contributed by atoms with van der Waals surface area (Å²) in [7, 11) is 0. The predicted octanol–water partition coefficient (Wildman–Crippen LogP) is 8.54. The van der Waals surface area contributed by atoms with Gasteiger partial charge in [0.15, 0.2) is 0 Å². The number of rotatable bonds is 8. The van der Waals surface area contributed by atoms with Gasteiger partial charge in [-0.3, -0.25) is 0 Å². The van der Waals surface area contributed by atoms with Crippen molar-refractivity contribution in [2.45, 2.75) is 118 Å². The monoisotopic (exact) mass is 456 g/mol. The fourth-order valence-electron chi connectivity index (χ4n) is 9.60. The lowest BCUT2D eigenvalue weighted by atomic mass is 9.45. The van der Waals surface area contributed by atoms with E-state index in [1.807, 2.05) is 6.08 Å². The van der Waals surface area contributed by atoms with Crippen molar-refractivity contribution < 1.29 is 0 Å². The predicted molar refractivity (Wildman–Crippen MR) is 137 cm³/mol. The molecule has 33 heavy (non-hydrogen) atoms. The van der Waals surface area contributed by atoms with Crippen LogP contribution in [0.1, 0.15) is 106 Å². The standard InChI is InChI=1S/C29H48N2O2/c1-7-20(18(2)3)9-8-19(4)23-10-11-24-22-17-27(31-33)26-16-21(30-32)12-14-29(26,6)25(22)13-15-28(23,24)5/h16,18-25,27H,7-15,17H2,1-6H3/t19-,20?,21?,22+,23-,24+,25+,27?,28-,29-/m1/s1. The van der Waals surface area contributed by atoms with E-state index in [4.69, 9.17) is 0 Å². The molecular formula is C29H48N2O2. The normalized spacial score (nSPS) is 44.3. The van der Waals surface area contributed by atoms with E-state index >= 15 is 0 Å². The molecule has 0 spiro atoms. The van der Waals surface area contributed by atoms with Gasteiger partial charge < -0.3 is 0 Å². The fourth-order valence-corrected chi connectivity index (χ4v) is 9.60. The molecule has 4 aliphatic carbocycles. The van der Waals surface area contributed by atoms with E-state index in [0.29, 0.717) is 17.3 Å². The Kier molecular flexibility index (Phi) is 7.23. The summed E-state index contributed by atoms with van der Waals surface area (Å²) in [6.07, 6.45) is 14.1. The Labute approximate surface area is 202 Å². The van der Waals surface area contributed by atoms with E-state index in [-0.39, 0.29) is 17.5 Å². The third-order valence-electron chi connectivity index (χ3n) is 11.6. The van der Waals surface area contributed by atoms with Crippen molar-refractivity contribution in [3.63, 3.8) is 0 Å². The smallest absolute Gasteiger partial charge is 0.114 e. The highest BCUT2D eigenvalue weighted by Crippen LogP contribution is 2.68. The first-order chi connectivity index (χ1) is 15.7. The van der Waals surface area contributed by atoms with Crippen LogP contribution in [0.4, 0.5) is 0 Å². The van der Waals surface area contributed by atoms with Gasteiger partial charge in [-0.2, -0.15) is 9.81 Å². The molecule has 4 heteroatoms. The summed E-state index contributed by atoms with van der Waals surface area (Å²) >= 11 is 0. The lowest BCUT2D eigenvalue weighted by molar-refractivity contribution is -0.0632. The minimum absolute atomic E-state index is 0.0271. The summed E-state index contributed by atoms with van der Waals surface area (Å²) in [6, 6.07) is -0.520. The Morgan fingerprint density at radius 3 is 2.36 bits per heavy atom. The minimum Gasteiger partial charge on any atom is -0.150 e. The molecule has 3 fully saturated rings. The highest BCUT2D eigenvalue weighted by atomic mass is 16.3. The van der Waals surface area contributed by atoms with E-state index < -0.39 is 0 Å².